The summed E-state index contributed by atoms with van der Waals surface area (Å²) in [5.74, 6) is 2.91. The molecule has 4 aliphatic heterocycles. The van der Waals surface area contributed by atoms with Gasteiger partial charge in [0.05, 0.1) is 18.8 Å². The summed E-state index contributed by atoms with van der Waals surface area (Å²) in [4.78, 5) is 18.0. The van der Waals surface area contributed by atoms with Crippen molar-refractivity contribution in [1.82, 2.24) is 29.5 Å². The number of likely N-dealkylation sites (tertiary alicyclic amines) is 1. The molecule has 266 valence electrons. The van der Waals surface area contributed by atoms with Gasteiger partial charge in [0, 0.05) is 59.2 Å². The van der Waals surface area contributed by atoms with Gasteiger partial charge >= 0.3 is 0 Å². The average Bonchev–Trinajstić information content (AvgIpc) is 3.89. The maximum absolute atomic E-state index is 18.0. The molecule has 7 nitrogen and oxygen atoms in total. The van der Waals surface area contributed by atoms with Gasteiger partial charge in [0.1, 0.15) is 28.5 Å². The van der Waals surface area contributed by atoms with Crippen LogP contribution in [0.25, 0.3) is 43.7 Å². The van der Waals surface area contributed by atoms with Gasteiger partial charge in [0.15, 0.2) is 5.82 Å². The van der Waals surface area contributed by atoms with E-state index in [1.807, 2.05) is 32.3 Å². The average molecular weight is 698 g/mol. The highest BCUT2D eigenvalue weighted by Crippen LogP contribution is 2.51. The van der Waals surface area contributed by atoms with Crippen molar-refractivity contribution in [2.45, 2.75) is 108 Å². The van der Waals surface area contributed by atoms with Gasteiger partial charge in [-0.05, 0) is 114 Å². The Balaban J connectivity index is 1.35. The Morgan fingerprint density at radius 1 is 0.981 bits per heavy atom. The van der Waals surface area contributed by atoms with E-state index in [9.17, 15) is 0 Å². The Labute approximate surface area is 306 Å². The topological polar surface area (TPSA) is 53.3 Å². The van der Waals surface area contributed by atoms with E-state index in [-0.39, 0.29) is 39.8 Å². The Bertz CT molecular complexity index is 2320. The fourth-order valence-electron chi connectivity index (χ4n) is 10.9. The van der Waals surface area contributed by atoms with Crippen molar-refractivity contribution in [1.29, 1.82) is 0 Å². The Kier molecular flexibility index (Phi) is 7.44. The zero-order chi connectivity index (χ0) is 36.5. The van der Waals surface area contributed by atoms with E-state index < -0.39 is 17.1 Å². The smallest absolute Gasteiger partial charge is 0.159 e. The molecule has 4 fully saturated rings. The monoisotopic (exact) mass is 697 g/mol. The van der Waals surface area contributed by atoms with Gasteiger partial charge in [0.2, 0.25) is 0 Å². The molecule has 9 rings (SSSR count). The van der Waals surface area contributed by atoms with Crippen molar-refractivity contribution < 1.29 is 8.78 Å². The second kappa shape index (κ2) is 11.5. The lowest BCUT2D eigenvalue weighted by Crippen LogP contribution is -2.74. The van der Waals surface area contributed by atoms with E-state index in [0.717, 1.165) is 54.5 Å². The molecule has 4 saturated heterocycles. The number of piperazine rings is 1. The summed E-state index contributed by atoms with van der Waals surface area (Å²) in [6.45, 7) is 10.8. The SMILES string of the molecule is [B]C1(C)C2CCC(N2c2nc(CCC34CCCN3CCC4)nc3c(F)c(-c4cc(C)cc5ccc(F)c(C#C)c45)c4nn(C)cc4c23)C(C)(C)N1C. The molecule has 5 aromatic rings. The summed E-state index contributed by atoms with van der Waals surface area (Å²) < 4.78 is 35.1. The number of likely N-dealkylation sites (N-methyl/N-ethyl adjacent to an activating group) is 1. The van der Waals surface area contributed by atoms with Crippen LogP contribution < -0.4 is 4.90 Å². The fourth-order valence-corrected chi connectivity index (χ4v) is 10.9. The van der Waals surface area contributed by atoms with Crippen LogP contribution in [0.15, 0.2) is 30.5 Å². The second-order valence-corrected chi connectivity index (χ2v) is 16.8. The normalized spacial score (nSPS) is 25.5. The first kappa shape index (κ1) is 33.8. The first-order valence-electron chi connectivity index (χ1n) is 18.9. The molecule has 10 heteroatoms. The first-order chi connectivity index (χ1) is 24.8. The third kappa shape index (κ3) is 4.60. The Morgan fingerprint density at radius 2 is 1.71 bits per heavy atom. The summed E-state index contributed by atoms with van der Waals surface area (Å²) in [7, 11) is 11.2. The highest BCUT2D eigenvalue weighted by Gasteiger charge is 2.58. The number of halogens is 2. The van der Waals surface area contributed by atoms with Crippen molar-refractivity contribution in [3.63, 3.8) is 0 Å². The van der Waals surface area contributed by atoms with Crippen LogP contribution in [0, 0.1) is 30.9 Å². The lowest BCUT2D eigenvalue weighted by atomic mass is 9.67. The molecule has 2 aromatic heterocycles. The Hall–Kier alpha value is -4.07. The lowest BCUT2D eigenvalue weighted by Gasteiger charge is -2.60. The maximum atomic E-state index is 18.0. The zero-order valence-corrected chi connectivity index (χ0v) is 31.2. The van der Waals surface area contributed by atoms with Gasteiger partial charge < -0.3 is 9.80 Å². The van der Waals surface area contributed by atoms with Gasteiger partial charge in [0.25, 0.3) is 0 Å². The molecule has 0 spiro atoms. The number of fused-ring (bicyclic) bond motifs is 7. The summed E-state index contributed by atoms with van der Waals surface area (Å²) in [5, 5.41) is 7.51. The van der Waals surface area contributed by atoms with Gasteiger partial charge in [-0.1, -0.05) is 31.0 Å². The van der Waals surface area contributed by atoms with Crippen LogP contribution in [0.2, 0.25) is 0 Å². The van der Waals surface area contributed by atoms with E-state index in [1.54, 1.807) is 10.7 Å². The van der Waals surface area contributed by atoms with Crippen LogP contribution in [-0.2, 0) is 13.5 Å². The molecule has 0 saturated carbocycles. The molecule has 3 aromatic carbocycles. The van der Waals surface area contributed by atoms with Crippen LogP contribution in [-0.4, -0.2) is 86.1 Å². The molecule has 3 unspecified atom stereocenters. The van der Waals surface area contributed by atoms with E-state index in [1.165, 1.54) is 31.7 Å². The maximum Gasteiger partial charge on any atom is 0.159 e. The molecular weight excluding hydrogens is 651 g/mol. The molecule has 0 amide bonds. The van der Waals surface area contributed by atoms with Crippen LogP contribution in [0.4, 0.5) is 14.6 Å². The van der Waals surface area contributed by atoms with E-state index >= 15 is 8.78 Å². The molecule has 52 heavy (non-hydrogen) atoms. The molecule has 6 heterocycles. The first-order valence-corrected chi connectivity index (χ1v) is 18.9. The largest absolute Gasteiger partial charge is 0.347 e. The molecule has 0 aliphatic carbocycles. The van der Waals surface area contributed by atoms with Crippen LogP contribution in [0.5, 0.6) is 0 Å². The summed E-state index contributed by atoms with van der Waals surface area (Å²) >= 11 is 0. The quantitative estimate of drug-likeness (QED) is 0.141. The number of anilines is 1. The highest BCUT2D eigenvalue weighted by atomic mass is 19.1. The number of hydrogen-bond acceptors (Lipinski definition) is 6. The van der Waals surface area contributed by atoms with Crippen molar-refractivity contribution >= 4 is 46.2 Å². The van der Waals surface area contributed by atoms with Crippen molar-refractivity contribution in [3.8, 4) is 23.5 Å². The number of aryl methyl sites for hydroxylation is 3. The predicted molar refractivity (Wildman–Crippen MR) is 206 cm³/mol. The van der Waals surface area contributed by atoms with Gasteiger partial charge in [-0.3, -0.25) is 9.58 Å². The number of benzene rings is 3. The standard InChI is InChI=1S/C42H46BF2N7/c1-8-26-29(44)12-11-25-21-24(2)22-27(33(25)26)34-36(45)38-35(28-23-49(6)48-37(28)34)39(52-30-13-14-31(52)41(5,43)50(7)40(30,3)4)47-32(46-38)15-18-42-16-9-19-51(42)20-10-17-42/h1,11-12,21-23,30-31H,9-10,13-20H2,2-7H3. The molecular formula is C42H46BF2N7. The Morgan fingerprint density at radius 3 is 2.44 bits per heavy atom. The van der Waals surface area contributed by atoms with E-state index in [0.29, 0.717) is 34.1 Å². The molecule has 2 radical (unpaired) electrons. The van der Waals surface area contributed by atoms with Crippen LogP contribution in [0.3, 0.4) is 0 Å². The van der Waals surface area contributed by atoms with Crippen molar-refractivity contribution in [3.05, 3.63) is 59.0 Å². The predicted octanol–water partition coefficient (Wildman–Crippen LogP) is 7.41. The third-order valence-corrected chi connectivity index (χ3v) is 13.7. The zero-order valence-electron chi connectivity index (χ0n) is 31.2. The lowest BCUT2D eigenvalue weighted by molar-refractivity contribution is 0.0287. The minimum absolute atomic E-state index is 0.0448. The molecule has 3 atom stereocenters. The van der Waals surface area contributed by atoms with Crippen molar-refractivity contribution in [2.24, 2.45) is 7.05 Å². The number of rotatable bonds is 5. The summed E-state index contributed by atoms with van der Waals surface area (Å²) in [6.07, 6.45) is 16.1. The van der Waals surface area contributed by atoms with Gasteiger partial charge in [-0.2, -0.15) is 5.10 Å². The summed E-state index contributed by atoms with van der Waals surface area (Å²) in [5.41, 5.74) is 1.72. The fraction of sp³-hybridized carbons (Fsp3) is 0.500. The second-order valence-electron chi connectivity index (χ2n) is 16.8. The minimum atomic E-state index is -0.663. The van der Waals surface area contributed by atoms with E-state index in [2.05, 4.69) is 48.4 Å². The number of hydrogen-bond donors (Lipinski definition) is 0. The molecule has 0 N–H and O–H groups in total. The van der Waals surface area contributed by atoms with Gasteiger partial charge in [-0.25, -0.2) is 18.7 Å². The molecule has 4 aliphatic rings. The summed E-state index contributed by atoms with van der Waals surface area (Å²) in [6, 6.07) is 6.98. The van der Waals surface area contributed by atoms with Crippen LogP contribution >= 0.6 is 0 Å². The molecule has 2 bridgehead atoms. The minimum Gasteiger partial charge on any atom is -0.347 e. The van der Waals surface area contributed by atoms with Crippen molar-refractivity contribution in [2.75, 3.05) is 25.0 Å². The van der Waals surface area contributed by atoms with Gasteiger partial charge in [-0.15, -0.1) is 6.42 Å². The van der Waals surface area contributed by atoms with E-state index in [4.69, 9.17) is 29.3 Å². The third-order valence-electron chi connectivity index (χ3n) is 13.7. The highest BCUT2D eigenvalue weighted by molar-refractivity contribution is 6.19. The van der Waals surface area contributed by atoms with Crippen LogP contribution in [0.1, 0.15) is 82.7 Å². The number of aromatic nitrogens is 4. The number of terminal acetylenes is 1. The number of nitrogens with zero attached hydrogens (tertiary/aromatic N) is 7.